The molecule has 4 N–H and O–H groups in total. The van der Waals surface area contributed by atoms with Crippen LogP contribution in [0.1, 0.15) is 18.4 Å². The van der Waals surface area contributed by atoms with E-state index < -0.39 is 0 Å². The Hall–Kier alpha value is -1.63. The monoisotopic (exact) mass is 353 g/mol. The van der Waals surface area contributed by atoms with Crippen molar-refractivity contribution >= 4 is 29.9 Å². The summed E-state index contributed by atoms with van der Waals surface area (Å²) >= 11 is 0. The van der Waals surface area contributed by atoms with E-state index in [0.717, 1.165) is 30.6 Å². The van der Waals surface area contributed by atoms with Crippen LogP contribution in [0.5, 0.6) is 0 Å². The minimum absolute atomic E-state index is 0. The molecule has 2 fully saturated rings. The zero-order chi connectivity index (χ0) is 16.2. The molecule has 2 aliphatic rings. The molecule has 1 aromatic rings. The minimum atomic E-state index is -0.385. The average molecular weight is 354 g/mol. The highest BCUT2D eigenvalue weighted by Gasteiger charge is 2.29. The Kier molecular flexibility index (Phi) is 6.60. The predicted molar refractivity (Wildman–Crippen MR) is 94.1 cm³/mol. The first kappa shape index (κ1) is 18.7. The Morgan fingerprint density at radius 2 is 1.88 bits per heavy atom. The first-order valence-corrected chi connectivity index (χ1v) is 8.17. The van der Waals surface area contributed by atoms with Crippen molar-refractivity contribution in [3.8, 4) is 0 Å². The summed E-state index contributed by atoms with van der Waals surface area (Å²) in [6, 6.07) is 7.36. The Bertz CT molecular complexity index is 575. The molecule has 132 valence electrons. The number of benzene rings is 1. The maximum Gasteiger partial charge on any atom is 0.227 e. The molecule has 7 heteroatoms. The molecule has 6 nitrogen and oxygen atoms in total. The lowest BCUT2D eigenvalue weighted by molar-refractivity contribution is -0.120. The average Bonchev–Trinajstić information content (AvgIpc) is 3.31. The molecule has 0 radical (unpaired) electrons. The van der Waals surface area contributed by atoms with Gasteiger partial charge in [-0.05, 0) is 30.5 Å². The van der Waals surface area contributed by atoms with E-state index in [4.69, 9.17) is 0 Å². The van der Waals surface area contributed by atoms with Gasteiger partial charge < -0.3 is 21.1 Å². The zero-order valence-corrected chi connectivity index (χ0v) is 14.3. The normalized spacial score (nSPS) is 22.5. The summed E-state index contributed by atoms with van der Waals surface area (Å²) in [6.45, 7) is 1.81. The second kappa shape index (κ2) is 8.46. The fraction of sp³-hybridized carbons (Fsp3) is 0.529. The van der Waals surface area contributed by atoms with Gasteiger partial charge in [-0.2, -0.15) is 0 Å². The minimum Gasteiger partial charge on any atom is -0.391 e. The van der Waals surface area contributed by atoms with Gasteiger partial charge in [-0.1, -0.05) is 12.1 Å². The van der Waals surface area contributed by atoms with Crippen LogP contribution in [0, 0.1) is 11.8 Å². The Morgan fingerprint density at radius 1 is 1.17 bits per heavy atom. The highest BCUT2D eigenvalue weighted by Crippen LogP contribution is 2.30. The molecule has 2 unspecified atom stereocenters. The van der Waals surface area contributed by atoms with Gasteiger partial charge in [0.2, 0.25) is 11.8 Å². The molecule has 2 atom stereocenters. The maximum absolute atomic E-state index is 12.0. The number of carbonyl (C=O) groups is 2. The fourth-order valence-electron chi connectivity index (χ4n) is 2.72. The highest BCUT2D eigenvalue weighted by atomic mass is 35.5. The molecule has 24 heavy (non-hydrogen) atoms. The third-order valence-electron chi connectivity index (χ3n) is 4.40. The van der Waals surface area contributed by atoms with Gasteiger partial charge in [0.25, 0.3) is 0 Å². The van der Waals surface area contributed by atoms with Crippen LogP contribution in [-0.2, 0) is 16.0 Å². The van der Waals surface area contributed by atoms with E-state index in [2.05, 4.69) is 16.0 Å². The van der Waals surface area contributed by atoms with Gasteiger partial charge in [-0.3, -0.25) is 9.59 Å². The Morgan fingerprint density at radius 3 is 2.46 bits per heavy atom. The van der Waals surface area contributed by atoms with E-state index in [-0.39, 0.29) is 42.2 Å². The van der Waals surface area contributed by atoms with Crippen molar-refractivity contribution in [3.63, 3.8) is 0 Å². The first-order valence-electron chi connectivity index (χ1n) is 8.17. The predicted octanol–water partition coefficient (Wildman–Crippen LogP) is 0.696. The number of hydrogen-bond donors (Lipinski definition) is 4. The second-order valence-electron chi connectivity index (χ2n) is 6.43. The maximum atomic E-state index is 12.0. The van der Waals surface area contributed by atoms with Gasteiger partial charge in [0.15, 0.2) is 0 Å². The van der Waals surface area contributed by atoms with Crippen LogP contribution in [0.2, 0.25) is 0 Å². The third-order valence-corrected chi connectivity index (χ3v) is 4.40. The van der Waals surface area contributed by atoms with Crippen molar-refractivity contribution in [3.05, 3.63) is 29.8 Å². The SMILES string of the molecule is Cl.O=C(Cc1ccc(NC(=O)C2CC2)cc1)NCC1CNCC1O. The van der Waals surface area contributed by atoms with Crippen molar-refractivity contribution in [2.24, 2.45) is 11.8 Å². The number of amides is 2. The summed E-state index contributed by atoms with van der Waals surface area (Å²) < 4.78 is 0. The molecule has 2 amide bonds. The molecule has 1 aromatic carbocycles. The van der Waals surface area contributed by atoms with Crippen LogP contribution in [0.3, 0.4) is 0 Å². The van der Waals surface area contributed by atoms with Gasteiger partial charge >= 0.3 is 0 Å². The van der Waals surface area contributed by atoms with Gasteiger partial charge in [-0.15, -0.1) is 12.4 Å². The van der Waals surface area contributed by atoms with Crippen LogP contribution in [0.4, 0.5) is 5.69 Å². The van der Waals surface area contributed by atoms with E-state index in [1.165, 1.54) is 0 Å². The van der Waals surface area contributed by atoms with E-state index >= 15 is 0 Å². The molecule has 1 saturated carbocycles. The number of aliphatic hydroxyl groups is 1. The number of anilines is 1. The van der Waals surface area contributed by atoms with Gasteiger partial charge in [0, 0.05) is 37.2 Å². The lowest BCUT2D eigenvalue weighted by Crippen LogP contribution is -2.35. The van der Waals surface area contributed by atoms with E-state index in [1.54, 1.807) is 0 Å². The number of nitrogens with one attached hydrogen (secondary N) is 3. The number of aliphatic hydroxyl groups excluding tert-OH is 1. The molecular weight excluding hydrogens is 330 g/mol. The number of carbonyl (C=O) groups excluding carboxylic acids is 2. The Balaban J connectivity index is 0.00000208. The summed E-state index contributed by atoms with van der Waals surface area (Å²) in [6.07, 6.45) is 1.88. The highest BCUT2D eigenvalue weighted by molar-refractivity contribution is 5.94. The van der Waals surface area contributed by atoms with E-state index in [0.29, 0.717) is 19.5 Å². The van der Waals surface area contributed by atoms with Crippen molar-refractivity contribution < 1.29 is 14.7 Å². The van der Waals surface area contributed by atoms with Crippen LogP contribution < -0.4 is 16.0 Å². The third kappa shape index (κ3) is 5.19. The van der Waals surface area contributed by atoms with E-state index in [1.807, 2.05) is 24.3 Å². The van der Waals surface area contributed by atoms with E-state index in [9.17, 15) is 14.7 Å². The van der Waals surface area contributed by atoms with Crippen LogP contribution in [0.25, 0.3) is 0 Å². The molecule has 1 aliphatic carbocycles. The lowest BCUT2D eigenvalue weighted by atomic mass is 10.1. The molecule has 1 heterocycles. The second-order valence-corrected chi connectivity index (χ2v) is 6.43. The lowest BCUT2D eigenvalue weighted by Gasteiger charge is -2.14. The zero-order valence-electron chi connectivity index (χ0n) is 13.5. The first-order chi connectivity index (χ1) is 11.1. The smallest absolute Gasteiger partial charge is 0.227 e. The summed E-state index contributed by atoms with van der Waals surface area (Å²) in [5, 5.41) is 18.5. The summed E-state index contributed by atoms with van der Waals surface area (Å²) in [5.74, 6) is 0.290. The Labute approximate surface area is 147 Å². The quantitative estimate of drug-likeness (QED) is 0.606. The fourth-order valence-corrected chi connectivity index (χ4v) is 2.72. The van der Waals surface area contributed by atoms with Crippen LogP contribution in [0.15, 0.2) is 24.3 Å². The largest absolute Gasteiger partial charge is 0.391 e. The number of halogens is 1. The van der Waals surface area contributed by atoms with Crippen LogP contribution in [-0.4, -0.2) is 42.7 Å². The van der Waals surface area contributed by atoms with Crippen molar-refractivity contribution in [1.29, 1.82) is 0 Å². The van der Waals surface area contributed by atoms with Gasteiger partial charge in [-0.25, -0.2) is 0 Å². The standard InChI is InChI=1S/C17H23N3O3.ClH/c21-15-10-18-8-13(15)9-19-16(22)7-11-1-5-14(6-2-11)20-17(23)12-3-4-12;/h1-2,5-6,12-13,15,18,21H,3-4,7-10H2,(H,19,22)(H,20,23);1H. The molecule has 0 spiro atoms. The molecule has 3 rings (SSSR count). The van der Waals surface area contributed by atoms with Gasteiger partial charge in [0.05, 0.1) is 12.5 Å². The summed E-state index contributed by atoms with van der Waals surface area (Å²) in [5.41, 5.74) is 1.67. The van der Waals surface area contributed by atoms with Crippen molar-refractivity contribution in [2.45, 2.75) is 25.4 Å². The van der Waals surface area contributed by atoms with Gasteiger partial charge in [0.1, 0.15) is 0 Å². The molecule has 0 bridgehead atoms. The van der Waals surface area contributed by atoms with Crippen molar-refractivity contribution in [2.75, 3.05) is 25.0 Å². The number of β-amino-alcohol motifs (C(OH)–C–C–N with tert-alkyl or cyclic N) is 1. The molecule has 0 aromatic heterocycles. The van der Waals surface area contributed by atoms with Crippen LogP contribution >= 0.6 is 12.4 Å². The molecular formula is C17H24ClN3O3. The number of rotatable bonds is 6. The summed E-state index contributed by atoms with van der Waals surface area (Å²) in [7, 11) is 0. The summed E-state index contributed by atoms with van der Waals surface area (Å²) in [4.78, 5) is 23.6. The topological polar surface area (TPSA) is 90.5 Å². The van der Waals surface area contributed by atoms with Crippen molar-refractivity contribution in [1.82, 2.24) is 10.6 Å². The molecule has 1 aliphatic heterocycles. The molecule has 1 saturated heterocycles. The number of hydrogen-bond acceptors (Lipinski definition) is 4.